The molecular formula is C19H18N6O3. The molecule has 3 N–H and O–H groups in total. The predicted molar refractivity (Wildman–Crippen MR) is 104 cm³/mol. The Balaban J connectivity index is 1.77. The Kier molecular flexibility index (Phi) is 4.19. The fourth-order valence-corrected chi connectivity index (χ4v) is 2.99. The Morgan fingerprint density at radius 1 is 1.18 bits per heavy atom. The number of imidazole rings is 1. The van der Waals surface area contributed by atoms with Gasteiger partial charge >= 0.3 is 5.97 Å². The first-order chi connectivity index (χ1) is 13.5. The van der Waals surface area contributed by atoms with E-state index in [4.69, 9.17) is 10.5 Å². The molecule has 0 aliphatic heterocycles. The summed E-state index contributed by atoms with van der Waals surface area (Å²) in [5.74, 6) is 0.0975. The summed E-state index contributed by atoms with van der Waals surface area (Å²) in [7, 11) is 0. The van der Waals surface area contributed by atoms with E-state index in [-0.39, 0.29) is 5.91 Å². The lowest BCUT2D eigenvalue weighted by Gasteiger charge is -2.17. The van der Waals surface area contributed by atoms with Gasteiger partial charge in [0, 0.05) is 12.6 Å². The molecule has 0 bridgehead atoms. The molecule has 142 valence electrons. The van der Waals surface area contributed by atoms with Gasteiger partial charge in [-0.1, -0.05) is 0 Å². The van der Waals surface area contributed by atoms with E-state index in [9.17, 15) is 9.59 Å². The van der Waals surface area contributed by atoms with Crippen molar-refractivity contribution in [2.24, 2.45) is 0 Å². The lowest BCUT2D eigenvalue weighted by Crippen LogP contribution is -2.24. The van der Waals surface area contributed by atoms with Gasteiger partial charge in [-0.25, -0.2) is 19.2 Å². The van der Waals surface area contributed by atoms with Gasteiger partial charge in [-0.3, -0.25) is 9.89 Å². The highest BCUT2D eigenvalue weighted by Gasteiger charge is 2.20. The van der Waals surface area contributed by atoms with Crippen molar-refractivity contribution in [3.63, 3.8) is 0 Å². The Bertz CT molecular complexity index is 1190. The molecule has 4 aromatic rings. The van der Waals surface area contributed by atoms with Crippen LogP contribution < -0.4 is 10.6 Å². The number of rotatable bonds is 4. The van der Waals surface area contributed by atoms with Crippen LogP contribution in [-0.2, 0) is 9.53 Å². The molecular weight excluding hydrogens is 360 g/mol. The predicted octanol–water partition coefficient (Wildman–Crippen LogP) is 2.65. The van der Waals surface area contributed by atoms with Crippen LogP contribution in [-0.4, -0.2) is 38.1 Å². The molecule has 0 aliphatic rings. The number of hydrogen-bond acceptors (Lipinski definition) is 6. The van der Waals surface area contributed by atoms with Crippen LogP contribution in [0.25, 0.3) is 16.8 Å². The largest absolute Gasteiger partial charge is 0.462 e. The van der Waals surface area contributed by atoms with Gasteiger partial charge in [0.05, 0.1) is 28.9 Å². The minimum Gasteiger partial charge on any atom is -0.462 e. The molecule has 2 aromatic heterocycles. The second-order valence-corrected chi connectivity index (χ2v) is 6.16. The lowest BCUT2D eigenvalue weighted by atomic mass is 10.2. The average molecular weight is 378 g/mol. The first-order valence-corrected chi connectivity index (χ1v) is 8.69. The van der Waals surface area contributed by atoms with Gasteiger partial charge in [0.15, 0.2) is 0 Å². The van der Waals surface area contributed by atoms with Crippen molar-refractivity contribution in [2.45, 2.75) is 13.8 Å². The van der Waals surface area contributed by atoms with E-state index in [0.29, 0.717) is 40.8 Å². The molecule has 0 saturated heterocycles. The first kappa shape index (κ1) is 17.5. The highest BCUT2D eigenvalue weighted by Crippen LogP contribution is 2.26. The van der Waals surface area contributed by atoms with Crippen molar-refractivity contribution >= 4 is 46.0 Å². The second-order valence-electron chi connectivity index (χ2n) is 6.16. The number of nitrogens with zero attached hydrogens (tertiary/aromatic N) is 4. The number of H-pyrrole nitrogens is 1. The molecule has 0 radical (unpaired) electrons. The van der Waals surface area contributed by atoms with Crippen LogP contribution in [0.3, 0.4) is 0 Å². The third kappa shape index (κ3) is 2.92. The van der Waals surface area contributed by atoms with Gasteiger partial charge in [0.2, 0.25) is 11.9 Å². The smallest absolute Gasteiger partial charge is 0.338 e. The van der Waals surface area contributed by atoms with Gasteiger partial charge in [0.25, 0.3) is 5.78 Å². The summed E-state index contributed by atoms with van der Waals surface area (Å²) in [4.78, 5) is 34.5. The number of esters is 1. The van der Waals surface area contributed by atoms with Crippen LogP contribution in [0, 0.1) is 0 Å². The van der Waals surface area contributed by atoms with E-state index in [1.54, 1.807) is 53.9 Å². The maximum absolute atomic E-state index is 12.2. The molecule has 1 amide bonds. The molecule has 0 saturated carbocycles. The quantitative estimate of drug-likeness (QED) is 0.416. The van der Waals surface area contributed by atoms with Crippen molar-refractivity contribution in [2.75, 3.05) is 17.2 Å². The zero-order valence-corrected chi connectivity index (χ0v) is 15.3. The third-order valence-corrected chi connectivity index (χ3v) is 4.24. The first-order valence-electron chi connectivity index (χ1n) is 8.69. The number of nitrogen functional groups attached to an aromatic ring is 1. The summed E-state index contributed by atoms with van der Waals surface area (Å²) in [6, 6.07) is 12.0. The normalized spacial score (nSPS) is 11.1. The summed E-state index contributed by atoms with van der Waals surface area (Å²) in [6.45, 7) is 3.51. The van der Waals surface area contributed by atoms with Crippen LogP contribution in [0.15, 0.2) is 42.5 Å². The highest BCUT2D eigenvalue weighted by molar-refractivity contribution is 5.98. The van der Waals surface area contributed by atoms with Crippen molar-refractivity contribution in [3.8, 4) is 0 Å². The minimum atomic E-state index is -0.402. The number of aromatic amines is 1. The second kappa shape index (κ2) is 6.69. The van der Waals surface area contributed by atoms with Crippen LogP contribution in [0.5, 0.6) is 0 Å². The lowest BCUT2D eigenvalue weighted by molar-refractivity contribution is -0.115. The SMILES string of the molecule is CCOC(=O)c1ccc2c(c1)nc1nc(N(C(C)=O)c3ccc(N)cc3)[nH]n12. The molecule has 0 atom stereocenters. The Morgan fingerprint density at radius 2 is 1.93 bits per heavy atom. The number of aromatic nitrogens is 4. The standard InChI is InChI=1S/C19H18N6O3/c1-3-28-17(27)12-4-9-16-15(10-12)21-18-22-19(23-25(16)18)24(11(2)26)14-7-5-13(20)6-8-14/h4-10H,3,20H2,1-2H3,(H,21,22,23). The van der Waals surface area contributed by atoms with Gasteiger partial charge in [-0.2, -0.15) is 4.98 Å². The average Bonchev–Trinajstić information content (AvgIpc) is 3.20. The third-order valence-electron chi connectivity index (χ3n) is 4.24. The zero-order chi connectivity index (χ0) is 19.8. The van der Waals surface area contributed by atoms with Gasteiger partial charge in [-0.15, -0.1) is 0 Å². The molecule has 2 heterocycles. The number of carbonyl (C=O) groups excluding carboxylic acids is 2. The van der Waals surface area contributed by atoms with E-state index in [1.165, 1.54) is 11.8 Å². The Hall–Kier alpha value is -3.88. The number of fused-ring (bicyclic) bond motifs is 3. The molecule has 2 aromatic carbocycles. The molecule has 0 fully saturated rings. The van der Waals surface area contributed by atoms with E-state index in [2.05, 4.69) is 15.1 Å². The fourth-order valence-electron chi connectivity index (χ4n) is 2.99. The minimum absolute atomic E-state index is 0.212. The summed E-state index contributed by atoms with van der Waals surface area (Å²) in [5.41, 5.74) is 8.70. The fraction of sp³-hybridized carbons (Fsp3) is 0.158. The van der Waals surface area contributed by atoms with Crippen LogP contribution in [0.2, 0.25) is 0 Å². The number of amides is 1. The maximum Gasteiger partial charge on any atom is 0.338 e. The zero-order valence-electron chi connectivity index (χ0n) is 15.3. The Morgan fingerprint density at radius 3 is 2.61 bits per heavy atom. The molecule has 9 heteroatoms. The summed E-state index contributed by atoms with van der Waals surface area (Å²) >= 11 is 0. The number of benzene rings is 2. The van der Waals surface area contributed by atoms with Crippen molar-refractivity contribution < 1.29 is 14.3 Å². The summed E-state index contributed by atoms with van der Waals surface area (Å²) in [6.07, 6.45) is 0. The van der Waals surface area contributed by atoms with E-state index in [0.717, 1.165) is 5.52 Å². The molecule has 0 spiro atoms. The highest BCUT2D eigenvalue weighted by atomic mass is 16.5. The van der Waals surface area contributed by atoms with Crippen molar-refractivity contribution in [1.82, 2.24) is 19.6 Å². The molecule has 0 unspecified atom stereocenters. The van der Waals surface area contributed by atoms with Gasteiger partial charge in [0.1, 0.15) is 0 Å². The topological polar surface area (TPSA) is 119 Å². The maximum atomic E-state index is 12.2. The van der Waals surface area contributed by atoms with Crippen molar-refractivity contribution in [3.05, 3.63) is 48.0 Å². The van der Waals surface area contributed by atoms with E-state index < -0.39 is 5.97 Å². The summed E-state index contributed by atoms with van der Waals surface area (Å²) in [5, 5.41) is 3.09. The number of carbonyl (C=O) groups is 2. The molecule has 4 rings (SSSR count). The number of hydrogen-bond donors (Lipinski definition) is 2. The van der Waals surface area contributed by atoms with E-state index in [1.807, 2.05) is 0 Å². The number of ether oxygens (including phenoxy) is 1. The van der Waals surface area contributed by atoms with Crippen molar-refractivity contribution in [1.29, 1.82) is 0 Å². The number of nitrogens with two attached hydrogens (primary N) is 1. The van der Waals surface area contributed by atoms with Crippen LogP contribution in [0.4, 0.5) is 17.3 Å². The molecule has 28 heavy (non-hydrogen) atoms. The number of anilines is 3. The van der Waals surface area contributed by atoms with Crippen LogP contribution in [0.1, 0.15) is 24.2 Å². The van der Waals surface area contributed by atoms with Gasteiger partial charge in [-0.05, 0) is 49.4 Å². The van der Waals surface area contributed by atoms with Crippen LogP contribution >= 0.6 is 0 Å². The van der Waals surface area contributed by atoms with E-state index >= 15 is 0 Å². The molecule has 9 nitrogen and oxygen atoms in total. The monoisotopic (exact) mass is 378 g/mol. The Labute approximate surface area is 159 Å². The summed E-state index contributed by atoms with van der Waals surface area (Å²) < 4.78 is 6.68. The number of nitrogens with one attached hydrogen (secondary N) is 1. The van der Waals surface area contributed by atoms with Gasteiger partial charge < -0.3 is 10.5 Å². The molecule has 0 aliphatic carbocycles.